The number of carbonyl (C=O) groups excluding carboxylic acids is 2. The second kappa shape index (κ2) is 9.99. The van der Waals surface area contributed by atoms with Crippen LogP contribution in [0.2, 0.25) is 5.02 Å². The van der Waals surface area contributed by atoms with Crippen molar-refractivity contribution in [2.45, 2.75) is 33.1 Å². The van der Waals surface area contributed by atoms with E-state index in [1.165, 1.54) is 0 Å². The predicted molar refractivity (Wildman–Crippen MR) is 109 cm³/mol. The Labute approximate surface area is 170 Å². The van der Waals surface area contributed by atoms with E-state index >= 15 is 0 Å². The fourth-order valence-electron chi connectivity index (χ4n) is 2.54. The lowest BCUT2D eigenvalue weighted by Crippen LogP contribution is -2.44. The minimum absolute atomic E-state index is 0.138. The zero-order valence-electron chi connectivity index (χ0n) is 16.5. The van der Waals surface area contributed by atoms with E-state index in [9.17, 15) is 9.59 Å². The van der Waals surface area contributed by atoms with Crippen LogP contribution in [-0.2, 0) is 16.0 Å². The molecule has 0 spiro atoms. The third-order valence-corrected chi connectivity index (χ3v) is 4.54. The summed E-state index contributed by atoms with van der Waals surface area (Å²) in [7, 11) is 1.58. The van der Waals surface area contributed by atoms with E-state index in [-0.39, 0.29) is 24.9 Å². The molecule has 0 aromatic heterocycles. The van der Waals surface area contributed by atoms with Crippen molar-refractivity contribution in [1.29, 1.82) is 0 Å². The summed E-state index contributed by atoms with van der Waals surface area (Å²) in [6.45, 7) is 5.70. The molecule has 28 heavy (non-hydrogen) atoms. The fourth-order valence-corrected chi connectivity index (χ4v) is 2.71. The summed E-state index contributed by atoms with van der Waals surface area (Å²) in [5.74, 6) is 0.735. The maximum Gasteiger partial charge on any atom is 0.276 e. The molecule has 0 aliphatic heterocycles. The quantitative estimate of drug-likeness (QED) is 0.692. The van der Waals surface area contributed by atoms with Gasteiger partial charge >= 0.3 is 0 Å². The third kappa shape index (κ3) is 6.16. The first-order valence-electron chi connectivity index (χ1n) is 8.93. The fraction of sp³-hybridized carbons (Fsp3) is 0.333. The maximum absolute atomic E-state index is 12.0. The molecule has 2 aromatic rings. The van der Waals surface area contributed by atoms with E-state index in [1.807, 2.05) is 32.9 Å². The Balaban J connectivity index is 1.84. The van der Waals surface area contributed by atoms with Crippen LogP contribution in [0, 0.1) is 6.92 Å². The van der Waals surface area contributed by atoms with Crippen LogP contribution < -0.4 is 20.3 Å². The first-order chi connectivity index (χ1) is 13.3. The van der Waals surface area contributed by atoms with E-state index in [2.05, 4.69) is 10.9 Å². The van der Waals surface area contributed by atoms with Gasteiger partial charge in [0.1, 0.15) is 11.5 Å². The molecular weight excluding hydrogens is 380 g/mol. The summed E-state index contributed by atoms with van der Waals surface area (Å²) in [5, 5.41) is 0.659. The molecule has 0 saturated carbocycles. The monoisotopic (exact) mass is 404 g/mol. The number of halogens is 1. The smallest absolute Gasteiger partial charge is 0.276 e. The lowest BCUT2D eigenvalue weighted by atomic mass is 10.0. The van der Waals surface area contributed by atoms with Crippen molar-refractivity contribution >= 4 is 23.4 Å². The summed E-state index contributed by atoms with van der Waals surface area (Å²) in [6.07, 6.45) is 0.138. The Morgan fingerprint density at radius 1 is 1.07 bits per heavy atom. The highest BCUT2D eigenvalue weighted by Gasteiger charge is 2.13. The Bertz CT molecular complexity index is 835. The lowest BCUT2D eigenvalue weighted by molar-refractivity contribution is -0.129. The number of methoxy groups -OCH3 is 1. The van der Waals surface area contributed by atoms with Gasteiger partial charge in [0.25, 0.3) is 5.91 Å². The normalized spacial score (nSPS) is 10.5. The Morgan fingerprint density at radius 3 is 2.32 bits per heavy atom. The van der Waals surface area contributed by atoms with Crippen molar-refractivity contribution in [3.05, 3.63) is 58.1 Å². The SMILES string of the molecule is COc1ccc(CC(=O)NNC(=O)COc2cc(C)c(Cl)cc2C(C)C)cc1. The Morgan fingerprint density at radius 2 is 1.71 bits per heavy atom. The molecule has 0 bridgehead atoms. The van der Waals surface area contributed by atoms with Gasteiger partial charge in [-0.25, -0.2) is 0 Å². The van der Waals surface area contributed by atoms with E-state index in [0.29, 0.717) is 16.5 Å². The number of carbonyl (C=O) groups is 2. The third-order valence-electron chi connectivity index (χ3n) is 4.14. The maximum atomic E-state index is 12.0. The van der Waals surface area contributed by atoms with Gasteiger partial charge in [0.2, 0.25) is 5.91 Å². The number of nitrogens with one attached hydrogen (secondary N) is 2. The van der Waals surface area contributed by atoms with E-state index < -0.39 is 5.91 Å². The van der Waals surface area contributed by atoms with Crippen LogP contribution in [0.5, 0.6) is 11.5 Å². The largest absolute Gasteiger partial charge is 0.497 e. The van der Waals surface area contributed by atoms with Crippen LogP contribution in [0.15, 0.2) is 36.4 Å². The molecule has 2 amide bonds. The molecule has 0 atom stereocenters. The van der Waals surface area contributed by atoms with E-state index in [4.69, 9.17) is 21.1 Å². The number of benzene rings is 2. The van der Waals surface area contributed by atoms with Gasteiger partial charge in [-0.15, -0.1) is 0 Å². The molecule has 2 rings (SSSR count). The molecular formula is C21H25ClN2O4. The molecule has 0 fully saturated rings. The average Bonchev–Trinajstić information content (AvgIpc) is 2.67. The molecule has 0 heterocycles. The molecule has 0 saturated heterocycles. The number of rotatable bonds is 7. The molecule has 2 N–H and O–H groups in total. The number of ether oxygens (including phenoxy) is 2. The number of hydrogen-bond acceptors (Lipinski definition) is 4. The summed E-state index contributed by atoms with van der Waals surface area (Å²) in [6, 6.07) is 10.8. The summed E-state index contributed by atoms with van der Waals surface area (Å²) < 4.78 is 10.7. The van der Waals surface area contributed by atoms with Gasteiger partial charge in [-0.3, -0.25) is 20.4 Å². The number of hydrazine groups is 1. The van der Waals surface area contributed by atoms with Crippen LogP contribution in [0.1, 0.15) is 36.5 Å². The molecule has 150 valence electrons. The first-order valence-corrected chi connectivity index (χ1v) is 9.31. The zero-order chi connectivity index (χ0) is 20.7. The molecule has 0 unspecified atom stereocenters. The van der Waals surface area contributed by atoms with Crippen molar-refractivity contribution < 1.29 is 19.1 Å². The van der Waals surface area contributed by atoms with Gasteiger partial charge in [0.05, 0.1) is 13.5 Å². The van der Waals surface area contributed by atoms with Crippen LogP contribution >= 0.6 is 11.6 Å². The van der Waals surface area contributed by atoms with Gasteiger partial charge in [0.15, 0.2) is 6.61 Å². The lowest BCUT2D eigenvalue weighted by Gasteiger charge is -2.16. The average molecular weight is 405 g/mol. The van der Waals surface area contributed by atoms with Crippen LogP contribution in [0.3, 0.4) is 0 Å². The Hall–Kier alpha value is -2.73. The second-order valence-electron chi connectivity index (χ2n) is 6.70. The molecule has 2 aromatic carbocycles. The number of amides is 2. The molecule has 6 nitrogen and oxygen atoms in total. The van der Waals surface area contributed by atoms with Gasteiger partial charge in [-0.2, -0.15) is 0 Å². The van der Waals surface area contributed by atoms with Crippen LogP contribution in [-0.4, -0.2) is 25.5 Å². The van der Waals surface area contributed by atoms with Crippen molar-refractivity contribution in [3.63, 3.8) is 0 Å². The van der Waals surface area contributed by atoms with Gasteiger partial charge < -0.3 is 9.47 Å². The summed E-state index contributed by atoms with van der Waals surface area (Å²) in [5.41, 5.74) is 7.34. The topological polar surface area (TPSA) is 76.7 Å². The highest BCUT2D eigenvalue weighted by atomic mass is 35.5. The van der Waals surface area contributed by atoms with Gasteiger partial charge in [0, 0.05) is 5.02 Å². The highest BCUT2D eigenvalue weighted by molar-refractivity contribution is 6.31. The van der Waals surface area contributed by atoms with Gasteiger partial charge in [-0.05, 0) is 53.8 Å². The zero-order valence-corrected chi connectivity index (χ0v) is 17.2. The molecule has 7 heteroatoms. The number of aryl methyl sites for hydroxylation is 1. The minimum Gasteiger partial charge on any atom is -0.497 e. The Kier molecular flexibility index (Phi) is 7.70. The second-order valence-corrected chi connectivity index (χ2v) is 7.11. The van der Waals surface area contributed by atoms with Crippen LogP contribution in [0.25, 0.3) is 0 Å². The van der Waals surface area contributed by atoms with Crippen molar-refractivity contribution in [2.24, 2.45) is 0 Å². The van der Waals surface area contributed by atoms with E-state index in [0.717, 1.165) is 16.7 Å². The van der Waals surface area contributed by atoms with E-state index in [1.54, 1.807) is 31.4 Å². The predicted octanol–water partition coefficient (Wildman–Crippen LogP) is 3.55. The minimum atomic E-state index is -0.453. The van der Waals surface area contributed by atoms with Crippen LogP contribution in [0.4, 0.5) is 0 Å². The molecule has 0 aliphatic carbocycles. The summed E-state index contributed by atoms with van der Waals surface area (Å²) in [4.78, 5) is 24.0. The molecule has 0 aliphatic rings. The first kappa shape index (κ1) is 21.6. The molecule has 0 radical (unpaired) electrons. The standard InChI is InChI=1S/C21H25ClN2O4/c1-13(2)17-11-18(22)14(3)9-19(17)28-12-21(26)24-23-20(25)10-15-5-7-16(27-4)8-6-15/h5-9,11,13H,10,12H2,1-4H3,(H,23,25)(H,24,26). The van der Waals surface area contributed by atoms with Crippen molar-refractivity contribution in [2.75, 3.05) is 13.7 Å². The van der Waals surface area contributed by atoms with Crippen molar-refractivity contribution in [1.82, 2.24) is 10.9 Å². The van der Waals surface area contributed by atoms with Crippen molar-refractivity contribution in [3.8, 4) is 11.5 Å². The van der Waals surface area contributed by atoms with Gasteiger partial charge in [-0.1, -0.05) is 37.6 Å². The summed E-state index contributed by atoms with van der Waals surface area (Å²) >= 11 is 6.17. The number of hydrogen-bond donors (Lipinski definition) is 2. The highest BCUT2D eigenvalue weighted by Crippen LogP contribution is 2.31.